The molecule has 0 radical (unpaired) electrons. The van der Waals surface area contributed by atoms with Crippen LogP contribution in [0.1, 0.15) is 26.1 Å². The van der Waals surface area contributed by atoms with E-state index in [0.717, 1.165) is 25.3 Å². The van der Waals surface area contributed by atoms with Crippen LogP contribution in [0.5, 0.6) is 0 Å². The smallest absolute Gasteiger partial charge is 0.108 e. The lowest BCUT2D eigenvalue weighted by Gasteiger charge is -2.23. The molecule has 1 rings (SSSR count). The molecule has 0 saturated carbocycles. The van der Waals surface area contributed by atoms with Crippen molar-refractivity contribution in [2.45, 2.75) is 38.8 Å². The van der Waals surface area contributed by atoms with Gasteiger partial charge in [-0.2, -0.15) is 0 Å². The minimum atomic E-state index is 0.246. The molecule has 0 aromatic carbocycles. The Morgan fingerprint density at radius 2 is 2.31 bits per heavy atom. The van der Waals surface area contributed by atoms with Crippen LogP contribution in [0.2, 0.25) is 0 Å². The van der Waals surface area contributed by atoms with E-state index in [9.17, 15) is 0 Å². The summed E-state index contributed by atoms with van der Waals surface area (Å²) in [5.41, 5.74) is 0. The lowest BCUT2D eigenvalue weighted by atomic mass is 10.1. The zero-order valence-corrected chi connectivity index (χ0v) is 10.7. The van der Waals surface area contributed by atoms with Crippen LogP contribution in [0.3, 0.4) is 0 Å². The van der Waals surface area contributed by atoms with Gasteiger partial charge >= 0.3 is 0 Å². The number of hydrogen-bond acceptors (Lipinski definition) is 3. The summed E-state index contributed by atoms with van der Waals surface area (Å²) in [7, 11) is 4.02. The van der Waals surface area contributed by atoms with E-state index in [-0.39, 0.29) is 6.10 Å². The second kappa shape index (κ2) is 6.66. The van der Waals surface area contributed by atoms with Crippen LogP contribution >= 0.6 is 0 Å². The Morgan fingerprint density at radius 1 is 1.56 bits per heavy atom. The first-order valence-electron chi connectivity index (χ1n) is 5.94. The van der Waals surface area contributed by atoms with Crippen molar-refractivity contribution in [1.82, 2.24) is 14.9 Å². The first kappa shape index (κ1) is 13.2. The molecule has 92 valence electrons. The minimum Gasteiger partial charge on any atom is -0.377 e. The zero-order valence-electron chi connectivity index (χ0n) is 10.7. The van der Waals surface area contributed by atoms with Gasteiger partial charge in [0, 0.05) is 38.5 Å². The predicted octanol–water partition coefficient (Wildman–Crippen LogP) is 1.37. The number of nitrogens with one attached hydrogen (secondary N) is 1. The van der Waals surface area contributed by atoms with E-state index in [1.54, 1.807) is 0 Å². The highest BCUT2D eigenvalue weighted by Gasteiger charge is 2.15. The first-order chi connectivity index (χ1) is 7.69. The summed E-state index contributed by atoms with van der Waals surface area (Å²) in [6, 6.07) is 0.386. The molecule has 1 N–H and O–H groups in total. The summed E-state index contributed by atoms with van der Waals surface area (Å²) in [6.07, 6.45) is 6.09. The molecule has 16 heavy (non-hydrogen) atoms. The molecular weight excluding hydrogens is 202 g/mol. The van der Waals surface area contributed by atoms with Gasteiger partial charge < -0.3 is 14.6 Å². The maximum absolute atomic E-state index is 5.61. The number of nitrogens with zero attached hydrogens (tertiary/aromatic N) is 2. The van der Waals surface area contributed by atoms with Gasteiger partial charge in [0.25, 0.3) is 0 Å². The fourth-order valence-electron chi connectivity index (χ4n) is 1.91. The number of aromatic nitrogens is 2. The molecule has 0 aliphatic rings. The van der Waals surface area contributed by atoms with Crippen molar-refractivity contribution in [3.05, 3.63) is 18.2 Å². The summed E-state index contributed by atoms with van der Waals surface area (Å²) < 4.78 is 7.67. The molecule has 0 saturated heterocycles. The second-order valence-electron chi connectivity index (χ2n) is 4.05. The van der Waals surface area contributed by atoms with Gasteiger partial charge in [-0.05, 0) is 27.3 Å². The van der Waals surface area contributed by atoms with Gasteiger partial charge in [-0.15, -0.1) is 0 Å². The standard InChI is InChI=1S/C12H23N3O/c1-5-16-10(2)11(13-3)6-7-12-14-8-9-15(12)4/h8-11,13H,5-7H2,1-4H3. The highest BCUT2D eigenvalue weighted by atomic mass is 16.5. The first-order valence-corrected chi connectivity index (χ1v) is 5.94. The number of rotatable bonds is 7. The van der Waals surface area contributed by atoms with E-state index < -0.39 is 0 Å². The molecule has 0 aliphatic heterocycles. The number of likely N-dealkylation sites (N-methyl/N-ethyl adjacent to an activating group) is 1. The van der Waals surface area contributed by atoms with Gasteiger partial charge in [-0.1, -0.05) is 0 Å². The van der Waals surface area contributed by atoms with Crippen LogP contribution in [0.25, 0.3) is 0 Å². The highest BCUT2D eigenvalue weighted by Crippen LogP contribution is 2.07. The van der Waals surface area contributed by atoms with Gasteiger partial charge in [0.05, 0.1) is 6.10 Å². The van der Waals surface area contributed by atoms with Gasteiger partial charge in [0.1, 0.15) is 5.82 Å². The number of imidazole rings is 1. The Bertz CT molecular complexity index is 298. The fraction of sp³-hybridized carbons (Fsp3) is 0.750. The predicted molar refractivity (Wildman–Crippen MR) is 65.5 cm³/mol. The number of hydrogen-bond donors (Lipinski definition) is 1. The van der Waals surface area contributed by atoms with E-state index in [4.69, 9.17) is 4.74 Å². The monoisotopic (exact) mass is 225 g/mol. The summed E-state index contributed by atoms with van der Waals surface area (Å²) in [5, 5.41) is 3.31. The SMILES string of the molecule is CCOC(C)C(CCc1nccn1C)NC. The van der Waals surface area contributed by atoms with E-state index in [2.05, 4.69) is 21.8 Å². The Hall–Kier alpha value is -0.870. The van der Waals surface area contributed by atoms with E-state index >= 15 is 0 Å². The third-order valence-corrected chi connectivity index (χ3v) is 2.97. The topological polar surface area (TPSA) is 39.1 Å². The van der Waals surface area contributed by atoms with Crippen LogP contribution in [-0.2, 0) is 18.2 Å². The van der Waals surface area contributed by atoms with Gasteiger partial charge in [-0.3, -0.25) is 0 Å². The quantitative estimate of drug-likeness (QED) is 0.761. The van der Waals surface area contributed by atoms with Crippen molar-refractivity contribution in [3.63, 3.8) is 0 Å². The van der Waals surface area contributed by atoms with Crippen LogP contribution in [0, 0.1) is 0 Å². The second-order valence-corrected chi connectivity index (χ2v) is 4.05. The average Bonchev–Trinajstić information content (AvgIpc) is 2.66. The van der Waals surface area contributed by atoms with Crippen LogP contribution < -0.4 is 5.32 Å². The molecular formula is C12H23N3O. The molecule has 1 aromatic rings. The van der Waals surface area contributed by atoms with Gasteiger partial charge in [0.15, 0.2) is 0 Å². The summed E-state index contributed by atoms with van der Waals surface area (Å²) in [5.74, 6) is 1.13. The van der Waals surface area contributed by atoms with Crippen molar-refractivity contribution in [3.8, 4) is 0 Å². The van der Waals surface area contributed by atoms with Gasteiger partial charge in [-0.25, -0.2) is 4.98 Å². The van der Waals surface area contributed by atoms with Crippen molar-refractivity contribution >= 4 is 0 Å². The minimum absolute atomic E-state index is 0.246. The van der Waals surface area contributed by atoms with Crippen LogP contribution in [0.15, 0.2) is 12.4 Å². The molecule has 4 heteroatoms. The van der Waals surface area contributed by atoms with Crippen LogP contribution in [0.4, 0.5) is 0 Å². The number of ether oxygens (including phenoxy) is 1. The van der Waals surface area contributed by atoms with E-state index in [0.29, 0.717) is 6.04 Å². The molecule has 2 unspecified atom stereocenters. The molecule has 0 fully saturated rings. The van der Waals surface area contributed by atoms with E-state index in [1.807, 2.05) is 33.4 Å². The molecule has 0 spiro atoms. The lowest BCUT2D eigenvalue weighted by molar-refractivity contribution is 0.0472. The van der Waals surface area contributed by atoms with E-state index in [1.165, 1.54) is 0 Å². The maximum Gasteiger partial charge on any atom is 0.108 e. The summed E-state index contributed by atoms with van der Waals surface area (Å²) in [6.45, 7) is 4.91. The third kappa shape index (κ3) is 3.61. The Labute approximate surface area is 98.0 Å². The molecule has 0 amide bonds. The molecule has 0 aliphatic carbocycles. The maximum atomic E-state index is 5.61. The molecule has 1 heterocycles. The largest absolute Gasteiger partial charge is 0.377 e. The molecule has 0 bridgehead atoms. The lowest BCUT2D eigenvalue weighted by Crippen LogP contribution is -2.38. The molecule has 1 aromatic heterocycles. The third-order valence-electron chi connectivity index (χ3n) is 2.97. The Balaban J connectivity index is 2.42. The van der Waals surface area contributed by atoms with Gasteiger partial charge in [0.2, 0.25) is 0 Å². The highest BCUT2D eigenvalue weighted by molar-refractivity contribution is 4.92. The Morgan fingerprint density at radius 3 is 2.81 bits per heavy atom. The normalized spacial score (nSPS) is 15.0. The Kier molecular flexibility index (Phi) is 5.49. The van der Waals surface area contributed by atoms with Crippen LogP contribution in [-0.4, -0.2) is 35.4 Å². The molecule has 4 nitrogen and oxygen atoms in total. The summed E-state index contributed by atoms with van der Waals surface area (Å²) in [4.78, 5) is 4.32. The van der Waals surface area contributed by atoms with Crippen molar-refractivity contribution < 1.29 is 4.74 Å². The fourth-order valence-corrected chi connectivity index (χ4v) is 1.91. The number of aryl methyl sites for hydroxylation is 2. The van der Waals surface area contributed by atoms with Crippen molar-refractivity contribution in [1.29, 1.82) is 0 Å². The average molecular weight is 225 g/mol. The summed E-state index contributed by atoms with van der Waals surface area (Å²) >= 11 is 0. The molecule has 2 atom stereocenters. The van der Waals surface area contributed by atoms with Crippen molar-refractivity contribution in [2.75, 3.05) is 13.7 Å². The zero-order chi connectivity index (χ0) is 12.0. The van der Waals surface area contributed by atoms with Crippen molar-refractivity contribution in [2.24, 2.45) is 7.05 Å².